The molecule has 1 amide bonds. The maximum atomic E-state index is 12.7. The monoisotopic (exact) mass is 325 g/mol. The van der Waals surface area contributed by atoms with Crippen LogP contribution in [0.4, 0.5) is 0 Å². The molecule has 0 unspecified atom stereocenters. The van der Waals surface area contributed by atoms with E-state index in [1.165, 1.54) is 11.1 Å². The molecule has 0 saturated heterocycles. The van der Waals surface area contributed by atoms with Crippen molar-refractivity contribution in [3.05, 3.63) is 70.8 Å². The van der Waals surface area contributed by atoms with Gasteiger partial charge in [0.05, 0.1) is 11.6 Å². The van der Waals surface area contributed by atoms with Gasteiger partial charge in [-0.15, -0.1) is 0 Å². The van der Waals surface area contributed by atoms with Crippen LogP contribution in [0.3, 0.4) is 0 Å². The highest BCUT2D eigenvalue weighted by Crippen LogP contribution is 2.29. The van der Waals surface area contributed by atoms with Gasteiger partial charge < -0.3 is 5.32 Å². The summed E-state index contributed by atoms with van der Waals surface area (Å²) >= 11 is 6.13. The zero-order chi connectivity index (χ0) is 15.8. The van der Waals surface area contributed by atoms with Crippen molar-refractivity contribution in [1.82, 2.24) is 14.7 Å². The first-order chi connectivity index (χ1) is 11.2. The molecule has 116 valence electrons. The first kappa shape index (κ1) is 14.3. The van der Waals surface area contributed by atoms with Crippen molar-refractivity contribution >= 4 is 23.0 Å². The van der Waals surface area contributed by atoms with E-state index in [0.717, 1.165) is 24.8 Å². The molecule has 2 aromatic heterocycles. The summed E-state index contributed by atoms with van der Waals surface area (Å²) in [5, 5.41) is 3.46. The molecular formula is C18H16ClN3O. The third-order valence-electron chi connectivity index (χ3n) is 4.38. The number of pyridine rings is 1. The van der Waals surface area contributed by atoms with Gasteiger partial charge in [0.1, 0.15) is 0 Å². The Hall–Kier alpha value is -2.33. The molecule has 3 aromatic rings. The lowest BCUT2D eigenvalue weighted by molar-refractivity contribution is 0.0921. The highest BCUT2D eigenvalue weighted by Gasteiger charge is 2.24. The Morgan fingerprint density at radius 3 is 2.96 bits per heavy atom. The summed E-state index contributed by atoms with van der Waals surface area (Å²) in [7, 11) is 0. The van der Waals surface area contributed by atoms with E-state index < -0.39 is 0 Å². The van der Waals surface area contributed by atoms with Crippen LogP contribution in [0.5, 0.6) is 0 Å². The molecule has 4 nitrogen and oxygen atoms in total. The van der Waals surface area contributed by atoms with Gasteiger partial charge in [-0.2, -0.15) is 0 Å². The number of carbonyl (C=O) groups is 1. The molecule has 23 heavy (non-hydrogen) atoms. The first-order valence-electron chi connectivity index (χ1n) is 7.75. The maximum absolute atomic E-state index is 12.7. The molecule has 0 aliphatic heterocycles. The van der Waals surface area contributed by atoms with Crippen LogP contribution >= 0.6 is 11.6 Å². The molecular weight excluding hydrogens is 310 g/mol. The number of hydrogen-bond donors (Lipinski definition) is 1. The largest absolute Gasteiger partial charge is 0.343 e. The van der Waals surface area contributed by atoms with Gasteiger partial charge in [0.25, 0.3) is 5.91 Å². The van der Waals surface area contributed by atoms with Crippen LogP contribution in [0.2, 0.25) is 5.15 Å². The van der Waals surface area contributed by atoms with Gasteiger partial charge in [-0.1, -0.05) is 41.9 Å². The first-order valence-corrected chi connectivity index (χ1v) is 8.13. The molecule has 1 atom stereocenters. The predicted molar refractivity (Wildman–Crippen MR) is 89.8 cm³/mol. The van der Waals surface area contributed by atoms with Crippen LogP contribution in [0.25, 0.3) is 5.52 Å². The van der Waals surface area contributed by atoms with E-state index >= 15 is 0 Å². The average molecular weight is 326 g/mol. The Morgan fingerprint density at radius 2 is 2.04 bits per heavy atom. The van der Waals surface area contributed by atoms with Gasteiger partial charge in [0.15, 0.2) is 5.15 Å². The molecule has 1 N–H and O–H groups in total. The fourth-order valence-electron chi connectivity index (χ4n) is 3.29. The summed E-state index contributed by atoms with van der Waals surface area (Å²) in [6.45, 7) is 0. The van der Waals surface area contributed by atoms with E-state index in [-0.39, 0.29) is 11.9 Å². The van der Waals surface area contributed by atoms with Gasteiger partial charge >= 0.3 is 0 Å². The van der Waals surface area contributed by atoms with E-state index in [2.05, 4.69) is 22.4 Å². The molecule has 2 heterocycles. The quantitative estimate of drug-likeness (QED) is 0.779. The second-order valence-electron chi connectivity index (χ2n) is 5.80. The fourth-order valence-corrected chi connectivity index (χ4v) is 3.52. The molecule has 0 saturated carbocycles. The Morgan fingerprint density at radius 1 is 1.22 bits per heavy atom. The normalized spacial score (nSPS) is 17.0. The molecule has 0 fully saturated rings. The summed E-state index contributed by atoms with van der Waals surface area (Å²) in [6.07, 6.45) is 4.89. The number of imidazole rings is 1. The van der Waals surface area contributed by atoms with Gasteiger partial charge in [0.2, 0.25) is 5.82 Å². The van der Waals surface area contributed by atoms with Crippen molar-refractivity contribution < 1.29 is 4.79 Å². The second kappa shape index (κ2) is 5.70. The number of benzene rings is 1. The number of aryl methyl sites for hydroxylation is 1. The van der Waals surface area contributed by atoms with E-state index in [4.69, 9.17) is 11.6 Å². The van der Waals surface area contributed by atoms with Crippen LogP contribution in [-0.2, 0) is 6.42 Å². The molecule has 0 radical (unpaired) electrons. The third-order valence-corrected chi connectivity index (χ3v) is 4.66. The Kier molecular flexibility index (Phi) is 3.54. The Balaban J connectivity index is 1.66. The van der Waals surface area contributed by atoms with Gasteiger partial charge in [-0.25, -0.2) is 4.98 Å². The maximum Gasteiger partial charge on any atom is 0.288 e. The lowest BCUT2D eigenvalue weighted by atomic mass is 9.88. The summed E-state index contributed by atoms with van der Waals surface area (Å²) in [5.41, 5.74) is 3.26. The molecule has 1 aliphatic rings. The predicted octanol–water partition coefficient (Wildman–Crippen LogP) is 3.80. The zero-order valence-electron chi connectivity index (χ0n) is 12.5. The second-order valence-corrected chi connectivity index (χ2v) is 6.16. The number of amides is 1. The molecule has 1 aromatic carbocycles. The topological polar surface area (TPSA) is 46.4 Å². The molecule has 0 bridgehead atoms. The van der Waals surface area contributed by atoms with Crippen LogP contribution in [0, 0.1) is 0 Å². The summed E-state index contributed by atoms with van der Waals surface area (Å²) in [5.74, 6) is 0.133. The smallest absolute Gasteiger partial charge is 0.288 e. The van der Waals surface area contributed by atoms with Crippen LogP contribution in [0.1, 0.15) is 40.6 Å². The lowest BCUT2D eigenvalue weighted by Crippen LogP contribution is -2.32. The number of nitrogens with one attached hydrogen (secondary N) is 1. The van der Waals surface area contributed by atoms with E-state index in [9.17, 15) is 4.79 Å². The highest BCUT2D eigenvalue weighted by molar-refractivity contribution is 6.33. The van der Waals surface area contributed by atoms with Gasteiger partial charge in [-0.3, -0.25) is 9.20 Å². The number of carbonyl (C=O) groups excluding carboxylic acids is 1. The summed E-state index contributed by atoms with van der Waals surface area (Å²) in [6, 6.07) is 13.9. The van der Waals surface area contributed by atoms with Crippen LogP contribution < -0.4 is 5.32 Å². The number of nitrogens with zero attached hydrogens (tertiary/aromatic N) is 2. The van der Waals surface area contributed by atoms with Crippen molar-refractivity contribution in [1.29, 1.82) is 0 Å². The molecule has 5 heteroatoms. The minimum absolute atomic E-state index is 0.0299. The molecule has 4 rings (SSSR count). The minimum atomic E-state index is -0.195. The number of fused-ring (bicyclic) bond motifs is 2. The third kappa shape index (κ3) is 2.49. The Labute approximate surface area is 139 Å². The van der Waals surface area contributed by atoms with Gasteiger partial charge in [0, 0.05) is 6.20 Å². The minimum Gasteiger partial charge on any atom is -0.343 e. The number of rotatable bonds is 2. The van der Waals surface area contributed by atoms with Crippen molar-refractivity contribution in [2.24, 2.45) is 0 Å². The van der Waals surface area contributed by atoms with Crippen molar-refractivity contribution in [3.8, 4) is 0 Å². The summed E-state index contributed by atoms with van der Waals surface area (Å²) < 4.78 is 1.73. The van der Waals surface area contributed by atoms with Crippen LogP contribution in [0.15, 0.2) is 48.7 Å². The van der Waals surface area contributed by atoms with E-state index in [0.29, 0.717) is 11.0 Å². The SMILES string of the molecule is O=C(N[C@H]1CCCc2ccccc21)c1nc(Cl)c2ccccn12. The average Bonchev–Trinajstić information content (AvgIpc) is 2.93. The number of aromatic nitrogens is 2. The highest BCUT2D eigenvalue weighted by atomic mass is 35.5. The molecule has 0 spiro atoms. The van der Waals surface area contributed by atoms with Crippen molar-refractivity contribution in [2.75, 3.05) is 0 Å². The van der Waals surface area contributed by atoms with Crippen LogP contribution in [-0.4, -0.2) is 15.3 Å². The van der Waals surface area contributed by atoms with E-state index in [1.54, 1.807) is 10.6 Å². The summed E-state index contributed by atoms with van der Waals surface area (Å²) in [4.78, 5) is 16.9. The van der Waals surface area contributed by atoms with Crippen molar-refractivity contribution in [3.63, 3.8) is 0 Å². The number of halogens is 1. The van der Waals surface area contributed by atoms with Gasteiger partial charge in [-0.05, 0) is 42.5 Å². The standard InChI is InChI=1S/C18H16ClN3O/c19-16-15-10-3-4-11-22(15)17(21-16)18(23)20-14-9-5-7-12-6-1-2-8-13(12)14/h1-4,6,8,10-11,14H,5,7,9H2,(H,20,23)/t14-/m0/s1. The van der Waals surface area contributed by atoms with Crippen molar-refractivity contribution in [2.45, 2.75) is 25.3 Å². The fraction of sp³-hybridized carbons (Fsp3) is 0.222. The Bertz CT molecular complexity index is 887. The number of hydrogen-bond acceptors (Lipinski definition) is 2. The lowest BCUT2D eigenvalue weighted by Gasteiger charge is -2.26. The van der Waals surface area contributed by atoms with E-state index in [1.807, 2.05) is 30.3 Å². The zero-order valence-corrected chi connectivity index (χ0v) is 13.3. The molecule has 1 aliphatic carbocycles.